The van der Waals surface area contributed by atoms with Crippen molar-refractivity contribution in [2.45, 2.75) is 6.92 Å². The summed E-state index contributed by atoms with van der Waals surface area (Å²) in [4.78, 5) is 19.0. The third-order valence-corrected chi connectivity index (χ3v) is 6.03. The van der Waals surface area contributed by atoms with Crippen LogP contribution >= 0.6 is 11.3 Å². The number of carbonyl (C=O) groups excluding carboxylic acids is 1. The molecule has 0 fully saturated rings. The molecular formula is C23H17N3OS. The normalized spacial score (nSPS) is 11.3. The first-order valence-corrected chi connectivity index (χ1v) is 9.80. The lowest BCUT2D eigenvalue weighted by Crippen LogP contribution is -2.12. The van der Waals surface area contributed by atoms with Crippen LogP contribution in [0.2, 0.25) is 0 Å². The third-order valence-electron chi connectivity index (χ3n) is 4.92. The number of fused-ring (bicyclic) bond motifs is 3. The van der Waals surface area contributed by atoms with Gasteiger partial charge in [0.05, 0.1) is 11.2 Å². The molecule has 0 saturated heterocycles. The second-order valence-electron chi connectivity index (χ2n) is 6.86. The van der Waals surface area contributed by atoms with Crippen LogP contribution in [-0.2, 0) is 0 Å². The Labute approximate surface area is 165 Å². The molecule has 0 radical (unpaired) electrons. The molecule has 0 spiro atoms. The lowest BCUT2D eigenvalue weighted by molar-refractivity contribution is 0.103. The van der Waals surface area contributed by atoms with E-state index in [1.807, 2.05) is 73.7 Å². The summed E-state index contributed by atoms with van der Waals surface area (Å²) in [6.45, 7) is 2.04. The Morgan fingerprint density at radius 1 is 0.964 bits per heavy atom. The molecule has 5 rings (SSSR count). The van der Waals surface area contributed by atoms with E-state index in [1.165, 1.54) is 11.3 Å². The Bertz CT molecular complexity index is 1380. The fourth-order valence-electron chi connectivity index (χ4n) is 3.49. The number of thiophene rings is 1. The van der Waals surface area contributed by atoms with Gasteiger partial charge in [0.1, 0.15) is 9.71 Å². The zero-order valence-corrected chi connectivity index (χ0v) is 16.0. The zero-order chi connectivity index (χ0) is 19.3. The number of aryl methyl sites for hydroxylation is 1. The van der Waals surface area contributed by atoms with E-state index < -0.39 is 0 Å². The van der Waals surface area contributed by atoms with Crippen LogP contribution in [0.5, 0.6) is 0 Å². The van der Waals surface area contributed by atoms with Gasteiger partial charge in [-0.1, -0.05) is 48.5 Å². The van der Waals surface area contributed by atoms with E-state index in [0.29, 0.717) is 10.6 Å². The van der Waals surface area contributed by atoms with Crippen molar-refractivity contribution in [2.75, 3.05) is 11.1 Å². The number of aromatic nitrogens is 1. The molecular weight excluding hydrogens is 366 g/mol. The van der Waals surface area contributed by atoms with Crippen molar-refractivity contribution in [3.63, 3.8) is 0 Å². The van der Waals surface area contributed by atoms with Gasteiger partial charge in [-0.2, -0.15) is 0 Å². The number of nitrogen functional groups attached to an aromatic ring is 1. The highest BCUT2D eigenvalue weighted by molar-refractivity contribution is 7.21. The van der Waals surface area contributed by atoms with Crippen molar-refractivity contribution >= 4 is 60.5 Å². The van der Waals surface area contributed by atoms with E-state index in [0.717, 1.165) is 43.1 Å². The number of pyridine rings is 1. The molecule has 0 aliphatic carbocycles. The number of rotatable bonds is 2. The number of nitrogens with zero attached hydrogens (tertiary/aromatic N) is 1. The van der Waals surface area contributed by atoms with Crippen LogP contribution in [-0.4, -0.2) is 10.9 Å². The first-order valence-electron chi connectivity index (χ1n) is 8.99. The molecule has 1 amide bonds. The van der Waals surface area contributed by atoms with Crippen LogP contribution < -0.4 is 11.1 Å². The van der Waals surface area contributed by atoms with Crippen molar-refractivity contribution in [1.82, 2.24) is 4.98 Å². The van der Waals surface area contributed by atoms with Crippen molar-refractivity contribution in [3.8, 4) is 0 Å². The molecule has 3 aromatic carbocycles. The predicted molar refractivity (Wildman–Crippen MR) is 118 cm³/mol. The fourth-order valence-corrected chi connectivity index (χ4v) is 4.47. The molecule has 0 aliphatic heterocycles. The highest BCUT2D eigenvalue weighted by Crippen LogP contribution is 2.35. The average molecular weight is 383 g/mol. The van der Waals surface area contributed by atoms with Crippen molar-refractivity contribution in [3.05, 3.63) is 77.2 Å². The zero-order valence-electron chi connectivity index (χ0n) is 15.2. The molecule has 2 heterocycles. The Hall–Kier alpha value is -3.44. The van der Waals surface area contributed by atoms with E-state index in [4.69, 9.17) is 10.7 Å². The molecule has 3 N–H and O–H groups in total. The second kappa shape index (κ2) is 6.32. The number of benzene rings is 3. The molecule has 0 aliphatic rings. The molecule has 0 unspecified atom stereocenters. The number of hydrogen-bond donors (Lipinski definition) is 2. The third kappa shape index (κ3) is 2.68. The number of carbonyl (C=O) groups is 1. The molecule has 4 nitrogen and oxygen atoms in total. The van der Waals surface area contributed by atoms with Gasteiger partial charge in [-0.25, -0.2) is 4.98 Å². The van der Waals surface area contributed by atoms with Crippen molar-refractivity contribution in [2.24, 2.45) is 0 Å². The summed E-state index contributed by atoms with van der Waals surface area (Å²) in [5, 5.41) is 6.93. The molecule has 5 heteroatoms. The summed E-state index contributed by atoms with van der Waals surface area (Å²) < 4.78 is 0. The monoisotopic (exact) mass is 383 g/mol. The van der Waals surface area contributed by atoms with Crippen LogP contribution in [0.1, 0.15) is 15.2 Å². The largest absolute Gasteiger partial charge is 0.397 e. The minimum absolute atomic E-state index is 0.211. The maximum atomic E-state index is 13.0. The van der Waals surface area contributed by atoms with Crippen LogP contribution in [0.4, 0.5) is 11.4 Å². The average Bonchev–Trinajstić information content (AvgIpc) is 3.02. The number of nitrogens with one attached hydrogen (secondary N) is 1. The number of amides is 1. The first kappa shape index (κ1) is 16.7. The van der Waals surface area contributed by atoms with Gasteiger partial charge in [-0.3, -0.25) is 4.79 Å². The molecule has 0 atom stereocenters. The summed E-state index contributed by atoms with van der Waals surface area (Å²) in [7, 11) is 0. The van der Waals surface area contributed by atoms with Gasteiger partial charge in [0, 0.05) is 21.8 Å². The molecule has 28 heavy (non-hydrogen) atoms. The van der Waals surface area contributed by atoms with Crippen LogP contribution in [0.25, 0.3) is 31.9 Å². The summed E-state index contributed by atoms with van der Waals surface area (Å²) in [6.07, 6.45) is 0. The van der Waals surface area contributed by atoms with E-state index in [2.05, 4.69) is 5.32 Å². The van der Waals surface area contributed by atoms with E-state index >= 15 is 0 Å². The van der Waals surface area contributed by atoms with Gasteiger partial charge < -0.3 is 11.1 Å². The molecule has 0 bridgehead atoms. The Morgan fingerprint density at radius 2 is 1.79 bits per heavy atom. The minimum atomic E-state index is -0.211. The van der Waals surface area contributed by atoms with Crippen LogP contribution in [0.15, 0.2) is 66.7 Å². The van der Waals surface area contributed by atoms with Gasteiger partial charge in [-0.05, 0) is 36.1 Å². The van der Waals surface area contributed by atoms with E-state index in [-0.39, 0.29) is 5.91 Å². The summed E-state index contributed by atoms with van der Waals surface area (Å²) in [5.74, 6) is -0.211. The SMILES string of the molecule is Cc1ccc2cc3c(N)c(C(=O)Nc4cccc5ccccc45)sc3nc2c1. The maximum absolute atomic E-state index is 13.0. The molecule has 5 aromatic rings. The smallest absolute Gasteiger partial charge is 0.267 e. The highest BCUT2D eigenvalue weighted by Gasteiger charge is 2.18. The van der Waals surface area contributed by atoms with Gasteiger partial charge in [0.15, 0.2) is 0 Å². The van der Waals surface area contributed by atoms with E-state index in [9.17, 15) is 4.79 Å². The lowest BCUT2D eigenvalue weighted by Gasteiger charge is -2.08. The Kier molecular flexibility index (Phi) is 3.77. The van der Waals surface area contributed by atoms with Gasteiger partial charge in [0.2, 0.25) is 0 Å². The number of nitrogens with two attached hydrogens (primary N) is 1. The van der Waals surface area contributed by atoms with Crippen LogP contribution in [0, 0.1) is 6.92 Å². The standard InChI is InChI=1S/C23H17N3OS/c1-13-9-10-15-12-17-20(24)21(28-23(17)26-19(15)11-13)22(27)25-18-8-4-6-14-5-2-3-7-16(14)18/h2-12H,24H2,1H3,(H,25,27). The quantitative estimate of drug-likeness (QED) is 0.408. The van der Waals surface area contributed by atoms with Crippen molar-refractivity contribution < 1.29 is 4.79 Å². The topological polar surface area (TPSA) is 68.0 Å². The van der Waals surface area contributed by atoms with Gasteiger partial charge in [0.25, 0.3) is 5.91 Å². The summed E-state index contributed by atoms with van der Waals surface area (Å²) in [6, 6.07) is 22.0. The summed E-state index contributed by atoms with van der Waals surface area (Å²) in [5.41, 5.74) is 9.65. The Morgan fingerprint density at radius 3 is 2.68 bits per heavy atom. The predicted octanol–water partition coefficient (Wildman–Crippen LogP) is 5.75. The van der Waals surface area contributed by atoms with E-state index in [1.54, 1.807) is 0 Å². The van der Waals surface area contributed by atoms with Crippen molar-refractivity contribution in [1.29, 1.82) is 0 Å². The Balaban J connectivity index is 1.59. The fraction of sp³-hybridized carbons (Fsp3) is 0.0435. The maximum Gasteiger partial charge on any atom is 0.267 e. The second-order valence-corrected chi connectivity index (χ2v) is 7.86. The first-order chi connectivity index (χ1) is 13.6. The van der Waals surface area contributed by atoms with Gasteiger partial charge >= 0.3 is 0 Å². The van der Waals surface area contributed by atoms with Crippen LogP contribution in [0.3, 0.4) is 0 Å². The highest BCUT2D eigenvalue weighted by atomic mass is 32.1. The lowest BCUT2D eigenvalue weighted by atomic mass is 10.1. The molecule has 0 saturated carbocycles. The number of hydrogen-bond acceptors (Lipinski definition) is 4. The minimum Gasteiger partial charge on any atom is -0.397 e. The summed E-state index contributed by atoms with van der Waals surface area (Å²) >= 11 is 1.33. The molecule has 2 aromatic heterocycles. The molecule has 136 valence electrons. The van der Waals surface area contributed by atoms with Gasteiger partial charge in [-0.15, -0.1) is 11.3 Å². The number of anilines is 2.